The summed E-state index contributed by atoms with van der Waals surface area (Å²) in [5.41, 5.74) is 0. The lowest BCUT2D eigenvalue weighted by Crippen LogP contribution is -2.66. The van der Waals surface area contributed by atoms with E-state index in [0.717, 1.165) is 0 Å². The normalized spacial score (nSPS) is 52.6. The van der Waals surface area contributed by atoms with Gasteiger partial charge in [-0.05, 0) is 0 Å². The third kappa shape index (κ3) is 2.56. The molecule has 0 spiro atoms. The lowest BCUT2D eigenvalue weighted by atomic mass is 9.76. The molecule has 0 aromatic heterocycles. The molecule has 1 heterocycles. The van der Waals surface area contributed by atoms with Crippen LogP contribution in [0.3, 0.4) is 0 Å². The van der Waals surface area contributed by atoms with E-state index in [4.69, 9.17) is 19.7 Å². The van der Waals surface area contributed by atoms with E-state index in [9.17, 15) is 25.5 Å². The minimum absolute atomic E-state index is 0.430. The van der Waals surface area contributed by atoms with Gasteiger partial charge in [-0.3, -0.25) is 0 Å². The molecule has 2 aliphatic rings. The summed E-state index contributed by atoms with van der Waals surface area (Å²) < 4.78 is 10.4. The van der Waals surface area contributed by atoms with Crippen LogP contribution in [-0.2, 0) is 9.47 Å². The second kappa shape index (κ2) is 6.18. The van der Waals surface area contributed by atoms with Gasteiger partial charge >= 0.3 is 0 Å². The van der Waals surface area contributed by atoms with E-state index < -0.39 is 68.1 Å². The van der Waals surface area contributed by atoms with Crippen LogP contribution in [0.1, 0.15) is 0 Å². The molecular weight excluding hydrogens is 276 g/mol. The van der Waals surface area contributed by atoms with Crippen molar-refractivity contribution in [2.24, 2.45) is 5.92 Å². The van der Waals surface area contributed by atoms with Gasteiger partial charge in [-0.15, -0.1) is 0 Å². The molecule has 118 valence electrons. The van der Waals surface area contributed by atoms with Gasteiger partial charge in [0.25, 0.3) is 0 Å². The third-order valence-electron chi connectivity index (χ3n) is 3.90. The Balaban J connectivity index is 2.01. The van der Waals surface area contributed by atoms with Crippen LogP contribution < -0.4 is 0 Å². The largest absolute Gasteiger partial charge is 0.396 e. The third-order valence-corrected chi connectivity index (χ3v) is 3.90. The first-order valence-electron chi connectivity index (χ1n) is 6.35. The van der Waals surface area contributed by atoms with Crippen molar-refractivity contribution in [2.75, 3.05) is 13.2 Å². The van der Waals surface area contributed by atoms with E-state index in [1.165, 1.54) is 0 Å². The summed E-state index contributed by atoms with van der Waals surface area (Å²) >= 11 is 0. The average molecular weight is 296 g/mol. The molecule has 2 fully saturated rings. The summed E-state index contributed by atoms with van der Waals surface area (Å²) in [6, 6.07) is 0. The van der Waals surface area contributed by atoms with Crippen molar-refractivity contribution < 1.29 is 45.2 Å². The number of aliphatic hydroxyl groups excluding tert-OH is 7. The topological polar surface area (TPSA) is 160 Å². The summed E-state index contributed by atoms with van der Waals surface area (Å²) in [6.45, 7) is -1.02. The molecule has 1 saturated carbocycles. The molecule has 1 aliphatic carbocycles. The molecule has 1 saturated heterocycles. The molecule has 0 bridgehead atoms. The van der Waals surface area contributed by atoms with Gasteiger partial charge < -0.3 is 45.2 Å². The maximum Gasteiger partial charge on any atom is 0.187 e. The Morgan fingerprint density at radius 1 is 0.750 bits per heavy atom. The molecule has 4 unspecified atom stereocenters. The summed E-state index contributed by atoms with van der Waals surface area (Å²) in [5, 5.41) is 66.0. The molecular formula is C11H20O9. The van der Waals surface area contributed by atoms with E-state index in [1.54, 1.807) is 0 Å². The molecule has 20 heavy (non-hydrogen) atoms. The quantitative estimate of drug-likeness (QED) is 0.271. The summed E-state index contributed by atoms with van der Waals surface area (Å²) in [7, 11) is 0. The van der Waals surface area contributed by atoms with Crippen molar-refractivity contribution in [2.45, 2.75) is 49.0 Å². The average Bonchev–Trinajstić information content (AvgIpc) is 2.46. The minimum Gasteiger partial charge on any atom is -0.396 e. The highest BCUT2D eigenvalue weighted by atomic mass is 16.7. The zero-order chi connectivity index (χ0) is 15.0. The lowest BCUT2D eigenvalue weighted by Gasteiger charge is -2.48. The van der Waals surface area contributed by atoms with Crippen molar-refractivity contribution in [1.82, 2.24) is 0 Å². The van der Waals surface area contributed by atoms with E-state index in [1.807, 2.05) is 0 Å². The van der Waals surface area contributed by atoms with Gasteiger partial charge in [-0.1, -0.05) is 0 Å². The van der Waals surface area contributed by atoms with Crippen LogP contribution in [0.5, 0.6) is 0 Å². The Morgan fingerprint density at radius 2 is 1.40 bits per heavy atom. The van der Waals surface area contributed by atoms with Gasteiger partial charge in [0.05, 0.1) is 25.4 Å². The fraction of sp³-hybridized carbons (Fsp3) is 1.00. The number of hydrogen-bond acceptors (Lipinski definition) is 9. The molecule has 2 rings (SSSR count). The van der Waals surface area contributed by atoms with Crippen molar-refractivity contribution in [1.29, 1.82) is 0 Å². The predicted molar refractivity (Wildman–Crippen MR) is 61.2 cm³/mol. The monoisotopic (exact) mass is 296 g/mol. The maximum atomic E-state index is 9.75. The molecule has 0 aromatic rings. The van der Waals surface area contributed by atoms with E-state index in [2.05, 4.69) is 0 Å². The standard InChI is InChI=1S/C11H20O9/c12-1-3-5(14)8(17)10(3)20-11-9(18)7(16)6(15)4(2-13)19-11/h3-18H,1-2H2/t3?,4?,5?,6-,7-,8+,9?,10-,11+/m0/s1. The zero-order valence-corrected chi connectivity index (χ0v) is 10.6. The fourth-order valence-electron chi connectivity index (χ4n) is 2.48. The summed E-state index contributed by atoms with van der Waals surface area (Å²) in [4.78, 5) is 0. The Hall–Kier alpha value is -0.360. The SMILES string of the molecule is OCC1O[C@H](O[C@H]2C(CO)C(O)[C@H]2O)C(O)[C@@H](O)[C@H]1O. The van der Waals surface area contributed by atoms with Gasteiger partial charge in [0.1, 0.15) is 30.5 Å². The van der Waals surface area contributed by atoms with Crippen LogP contribution in [0.15, 0.2) is 0 Å². The van der Waals surface area contributed by atoms with Gasteiger partial charge in [-0.25, -0.2) is 0 Å². The molecule has 0 radical (unpaired) electrons. The number of hydrogen-bond donors (Lipinski definition) is 7. The Morgan fingerprint density at radius 3 is 1.95 bits per heavy atom. The van der Waals surface area contributed by atoms with E-state index in [0.29, 0.717) is 0 Å². The van der Waals surface area contributed by atoms with E-state index >= 15 is 0 Å². The van der Waals surface area contributed by atoms with Crippen LogP contribution in [-0.4, -0.2) is 98.0 Å². The number of rotatable bonds is 4. The highest BCUT2D eigenvalue weighted by Gasteiger charge is 2.53. The fourth-order valence-corrected chi connectivity index (χ4v) is 2.48. The van der Waals surface area contributed by atoms with Crippen LogP contribution in [0.2, 0.25) is 0 Å². The predicted octanol–water partition coefficient (Wildman–Crippen LogP) is -4.48. The molecule has 7 N–H and O–H groups in total. The molecule has 0 aromatic carbocycles. The van der Waals surface area contributed by atoms with Crippen LogP contribution in [0.25, 0.3) is 0 Å². The zero-order valence-electron chi connectivity index (χ0n) is 10.6. The molecule has 9 heteroatoms. The molecule has 0 amide bonds. The Kier molecular flexibility index (Phi) is 4.95. The first-order valence-corrected chi connectivity index (χ1v) is 6.35. The smallest absolute Gasteiger partial charge is 0.187 e. The first-order chi connectivity index (χ1) is 9.42. The summed E-state index contributed by atoms with van der Waals surface area (Å²) in [5.74, 6) is -0.739. The minimum atomic E-state index is -1.59. The van der Waals surface area contributed by atoms with Gasteiger partial charge in [-0.2, -0.15) is 0 Å². The highest BCUT2D eigenvalue weighted by Crippen LogP contribution is 2.34. The first kappa shape index (κ1) is 16.0. The Bertz CT molecular complexity index is 325. The van der Waals surface area contributed by atoms with Crippen LogP contribution in [0, 0.1) is 5.92 Å². The van der Waals surface area contributed by atoms with Crippen molar-refractivity contribution in [3.05, 3.63) is 0 Å². The lowest BCUT2D eigenvalue weighted by molar-refractivity contribution is -0.344. The second-order valence-corrected chi connectivity index (χ2v) is 5.13. The van der Waals surface area contributed by atoms with Crippen molar-refractivity contribution in [3.8, 4) is 0 Å². The summed E-state index contributed by atoms with van der Waals surface area (Å²) in [6.07, 6.45) is -10.6. The molecule has 1 aliphatic heterocycles. The molecule has 9 nitrogen and oxygen atoms in total. The van der Waals surface area contributed by atoms with Gasteiger partial charge in [0, 0.05) is 5.92 Å². The van der Waals surface area contributed by atoms with Gasteiger partial charge in [0.2, 0.25) is 0 Å². The van der Waals surface area contributed by atoms with Gasteiger partial charge in [0.15, 0.2) is 6.29 Å². The van der Waals surface area contributed by atoms with Crippen LogP contribution >= 0.6 is 0 Å². The number of aliphatic hydroxyl groups is 7. The maximum absolute atomic E-state index is 9.75. The van der Waals surface area contributed by atoms with Crippen LogP contribution in [0.4, 0.5) is 0 Å². The Labute approximate surface area is 114 Å². The highest BCUT2D eigenvalue weighted by molar-refractivity contribution is 5.00. The van der Waals surface area contributed by atoms with Crippen molar-refractivity contribution >= 4 is 0 Å². The van der Waals surface area contributed by atoms with Crippen molar-refractivity contribution in [3.63, 3.8) is 0 Å². The van der Waals surface area contributed by atoms with E-state index in [-0.39, 0.29) is 0 Å². The number of ether oxygens (including phenoxy) is 2. The molecule has 9 atom stereocenters. The second-order valence-electron chi connectivity index (χ2n) is 5.13.